The summed E-state index contributed by atoms with van der Waals surface area (Å²) in [7, 11) is 5.41. The Kier molecular flexibility index (Phi) is 7.78. The van der Waals surface area contributed by atoms with Crippen molar-refractivity contribution in [2.24, 2.45) is 10.4 Å². The van der Waals surface area contributed by atoms with Crippen LogP contribution in [-0.2, 0) is 14.2 Å². The predicted octanol–water partition coefficient (Wildman–Crippen LogP) is 1.94. The van der Waals surface area contributed by atoms with Crippen LogP contribution in [0.25, 0.3) is 0 Å². The number of rotatable bonds is 8. The molecule has 0 spiro atoms. The van der Waals surface area contributed by atoms with Gasteiger partial charge in [0.15, 0.2) is 5.96 Å². The van der Waals surface area contributed by atoms with E-state index in [0.717, 1.165) is 58.1 Å². The van der Waals surface area contributed by atoms with E-state index in [0.29, 0.717) is 5.41 Å². The van der Waals surface area contributed by atoms with Gasteiger partial charge in [-0.05, 0) is 24.7 Å². The van der Waals surface area contributed by atoms with Crippen molar-refractivity contribution in [3.8, 4) is 0 Å². The average molecular weight is 341 g/mol. The Balaban J connectivity index is 1.83. The van der Waals surface area contributed by atoms with Gasteiger partial charge in [0.2, 0.25) is 0 Å². The van der Waals surface area contributed by atoms with E-state index in [4.69, 9.17) is 14.2 Å². The fourth-order valence-electron chi connectivity index (χ4n) is 3.89. The molecule has 1 heterocycles. The minimum atomic E-state index is -0.142. The molecule has 140 valence electrons. The van der Waals surface area contributed by atoms with Crippen molar-refractivity contribution in [3.05, 3.63) is 0 Å². The molecule has 0 aromatic heterocycles. The highest BCUT2D eigenvalue weighted by Gasteiger charge is 2.35. The quantitative estimate of drug-likeness (QED) is 0.522. The van der Waals surface area contributed by atoms with Crippen LogP contribution in [0.4, 0.5) is 0 Å². The molecule has 0 aromatic carbocycles. The normalized spacial score (nSPS) is 23.2. The number of nitrogens with one attached hydrogen (secondary N) is 2. The molecule has 1 saturated carbocycles. The van der Waals surface area contributed by atoms with E-state index in [1.54, 1.807) is 14.2 Å². The highest BCUT2D eigenvalue weighted by atomic mass is 16.5. The largest absolute Gasteiger partial charge is 0.385 e. The van der Waals surface area contributed by atoms with Crippen LogP contribution in [0.2, 0.25) is 0 Å². The molecule has 0 aromatic rings. The number of guanidine groups is 1. The zero-order valence-electron chi connectivity index (χ0n) is 15.7. The Bertz CT molecular complexity index is 389. The standard InChI is InChI=1S/C18H35N3O3/c1-19-16(21-15-18(23-3)9-12-24-13-10-18)20-14-17(8-11-22-2)6-4-5-7-17/h4-15H2,1-3H3,(H2,19,20,21). The second kappa shape index (κ2) is 9.59. The minimum absolute atomic E-state index is 0.142. The Morgan fingerprint density at radius 2 is 1.71 bits per heavy atom. The van der Waals surface area contributed by atoms with E-state index in [1.165, 1.54) is 25.7 Å². The van der Waals surface area contributed by atoms with Crippen molar-refractivity contribution < 1.29 is 14.2 Å². The molecule has 2 rings (SSSR count). The summed E-state index contributed by atoms with van der Waals surface area (Å²) in [5, 5.41) is 6.99. The van der Waals surface area contributed by atoms with Gasteiger partial charge in [-0.25, -0.2) is 0 Å². The van der Waals surface area contributed by atoms with Gasteiger partial charge in [-0.1, -0.05) is 12.8 Å². The molecule has 1 aliphatic heterocycles. The summed E-state index contributed by atoms with van der Waals surface area (Å²) in [5.74, 6) is 0.863. The molecule has 2 fully saturated rings. The van der Waals surface area contributed by atoms with Crippen molar-refractivity contribution >= 4 is 5.96 Å². The predicted molar refractivity (Wildman–Crippen MR) is 96.6 cm³/mol. The van der Waals surface area contributed by atoms with Gasteiger partial charge < -0.3 is 24.8 Å². The summed E-state index contributed by atoms with van der Waals surface area (Å²) in [4.78, 5) is 4.39. The first kappa shape index (κ1) is 19.5. The van der Waals surface area contributed by atoms with Crippen LogP contribution >= 0.6 is 0 Å². The van der Waals surface area contributed by atoms with Gasteiger partial charge in [0.05, 0.1) is 5.60 Å². The van der Waals surface area contributed by atoms with Gasteiger partial charge in [-0.3, -0.25) is 4.99 Å². The number of nitrogens with zero attached hydrogens (tertiary/aromatic N) is 1. The first-order chi connectivity index (χ1) is 11.7. The third kappa shape index (κ3) is 5.33. The number of methoxy groups -OCH3 is 2. The van der Waals surface area contributed by atoms with Crippen molar-refractivity contribution in [3.63, 3.8) is 0 Å². The van der Waals surface area contributed by atoms with Crippen molar-refractivity contribution in [1.82, 2.24) is 10.6 Å². The van der Waals surface area contributed by atoms with Crippen LogP contribution in [-0.4, -0.2) is 65.7 Å². The zero-order valence-corrected chi connectivity index (χ0v) is 15.7. The lowest BCUT2D eigenvalue weighted by Gasteiger charge is -2.36. The molecule has 1 aliphatic carbocycles. The van der Waals surface area contributed by atoms with Crippen LogP contribution in [0.1, 0.15) is 44.9 Å². The Hall–Kier alpha value is -0.850. The van der Waals surface area contributed by atoms with Crippen molar-refractivity contribution in [2.45, 2.75) is 50.5 Å². The maximum Gasteiger partial charge on any atom is 0.191 e. The molecule has 6 heteroatoms. The number of hydrogen-bond acceptors (Lipinski definition) is 4. The molecule has 24 heavy (non-hydrogen) atoms. The molecule has 0 unspecified atom stereocenters. The lowest BCUT2D eigenvalue weighted by atomic mass is 9.83. The van der Waals surface area contributed by atoms with Crippen molar-refractivity contribution in [2.75, 3.05) is 54.2 Å². The van der Waals surface area contributed by atoms with E-state index in [1.807, 2.05) is 7.05 Å². The Morgan fingerprint density at radius 1 is 1.04 bits per heavy atom. The maximum absolute atomic E-state index is 5.78. The van der Waals surface area contributed by atoms with Crippen LogP contribution in [0.3, 0.4) is 0 Å². The van der Waals surface area contributed by atoms with E-state index in [9.17, 15) is 0 Å². The molecule has 0 atom stereocenters. The monoisotopic (exact) mass is 341 g/mol. The summed E-state index contributed by atoms with van der Waals surface area (Å²) in [6, 6.07) is 0. The first-order valence-corrected chi connectivity index (χ1v) is 9.24. The number of ether oxygens (including phenoxy) is 3. The second-order valence-corrected chi connectivity index (χ2v) is 7.23. The third-order valence-electron chi connectivity index (χ3n) is 5.77. The fourth-order valence-corrected chi connectivity index (χ4v) is 3.89. The summed E-state index contributed by atoms with van der Waals surface area (Å²) in [6.07, 6.45) is 8.16. The zero-order chi connectivity index (χ0) is 17.3. The molecular formula is C18H35N3O3. The molecular weight excluding hydrogens is 306 g/mol. The molecule has 1 saturated heterocycles. The molecule has 6 nitrogen and oxygen atoms in total. The second-order valence-electron chi connectivity index (χ2n) is 7.23. The molecule has 0 bridgehead atoms. The highest BCUT2D eigenvalue weighted by molar-refractivity contribution is 5.79. The maximum atomic E-state index is 5.78. The van der Waals surface area contributed by atoms with Gasteiger partial charge >= 0.3 is 0 Å². The topological polar surface area (TPSA) is 64.1 Å². The molecule has 0 radical (unpaired) electrons. The van der Waals surface area contributed by atoms with Crippen LogP contribution in [0.5, 0.6) is 0 Å². The van der Waals surface area contributed by atoms with E-state index in [2.05, 4.69) is 15.6 Å². The first-order valence-electron chi connectivity index (χ1n) is 9.24. The smallest absolute Gasteiger partial charge is 0.191 e. The number of hydrogen-bond donors (Lipinski definition) is 2. The highest BCUT2D eigenvalue weighted by Crippen LogP contribution is 2.40. The van der Waals surface area contributed by atoms with Crippen LogP contribution in [0, 0.1) is 5.41 Å². The van der Waals surface area contributed by atoms with E-state index >= 15 is 0 Å². The van der Waals surface area contributed by atoms with Crippen LogP contribution < -0.4 is 10.6 Å². The van der Waals surface area contributed by atoms with E-state index in [-0.39, 0.29) is 5.60 Å². The lowest BCUT2D eigenvalue weighted by molar-refractivity contribution is -0.0855. The van der Waals surface area contributed by atoms with Gasteiger partial charge in [0.1, 0.15) is 0 Å². The van der Waals surface area contributed by atoms with Gasteiger partial charge in [-0.2, -0.15) is 0 Å². The van der Waals surface area contributed by atoms with Gasteiger partial charge in [0, 0.05) is 67.0 Å². The number of aliphatic imine (C=N–C) groups is 1. The average Bonchev–Trinajstić information content (AvgIpc) is 3.10. The molecule has 2 aliphatic rings. The third-order valence-corrected chi connectivity index (χ3v) is 5.77. The molecule has 0 amide bonds. The summed E-state index contributed by atoms with van der Waals surface area (Å²) in [5.41, 5.74) is 0.211. The van der Waals surface area contributed by atoms with Crippen LogP contribution in [0.15, 0.2) is 4.99 Å². The molecule has 2 N–H and O–H groups in total. The van der Waals surface area contributed by atoms with Gasteiger partial charge in [-0.15, -0.1) is 0 Å². The summed E-state index contributed by atoms with van der Waals surface area (Å²) in [6.45, 7) is 4.08. The Morgan fingerprint density at radius 3 is 2.29 bits per heavy atom. The summed E-state index contributed by atoms with van der Waals surface area (Å²) < 4.78 is 16.6. The van der Waals surface area contributed by atoms with Gasteiger partial charge in [0.25, 0.3) is 0 Å². The lowest BCUT2D eigenvalue weighted by Crippen LogP contribution is -2.52. The summed E-state index contributed by atoms with van der Waals surface area (Å²) >= 11 is 0. The minimum Gasteiger partial charge on any atom is -0.385 e. The van der Waals surface area contributed by atoms with Crippen molar-refractivity contribution in [1.29, 1.82) is 0 Å². The van der Waals surface area contributed by atoms with E-state index < -0.39 is 0 Å². The SMILES string of the molecule is CN=C(NCC1(CCOC)CCCC1)NCC1(OC)CCOCC1. The Labute approximate surface area is 146 Å². The fraction of sp³-hybridized carbons (Fsp3) is 0.944.